The fraction of sp³-hybridized carbons (Fsp3) is 0.417. The molecule has 76 valence electrons. The number of esters is 1. The Bertz CT molecular complexity index is 417. The second kappa shape index (κ2) is 5.76. The predicted octanol–water partition coefficient (Wildman–Crippen LogP) is 0.0830. The summed E-state index contributed by atoms with van der Waals surface area (Å²) in [6.45, 7) is 1.69. The zero-order valence-electron chi connectivity index (χ0n) is 8.33. The van der Waals surface area contributed by atoms with Crippen LogP contribution in [0.4, 0.5) is 0 Å². The van der Waals surface area contributed by atoms with Gasteiger partial charge in [-0.15, -0.1) is 0 Å². The maximum atomic E-state index is 10.8. The Labute approximate surface area is 88.8 Å². The Balaban J connectivity index is 2.40. The molecule has 1 aliphatic rings. The predicted molar refractivity (Wildman–Crippen MR) is 54.1 cm³/mol. The Morgan fingerprint density at radius 1 is 1.40 bits per heavy atom. The molecule has 3 heteroatoms. The Hall–Kier alpha value is -1.89. The third-order valence-corrected chi connectivity index (χ3v) is 1.79. The molecule has 1 rings (SSSR count). The molecule has 1 fully saturated rings. The number of ether oxygens (including phenoxy) is 1. The van der Waals surface area contributed by atoms with E-state index in [0.717, 1.165) is 0 Å². The van der Waals surface area contributed by atoms with Crippen LogP contribution in [0.15, 0.2) is 0 Å². The van der Waals surface area contributed by atoms with Crippen LogP contribution in [-0.4, -0.2) is 23.3 Å². The van der Waals surface area contributed by atoms with Gasteiger partial charge in [-0.2, -0.15) is 0 Å². The summed E-state index contributed by atoms with van der Waals surface area (Å²) in [4.78, 5) is 10.8. The molecular formula is C12H10O3. The number of carbonyl (C=O) groups excluding carboxylic acids is 1. The minimum Gasteiger partial charge on any atom is -0.458 e. The summed E-state index contributed by atoms with van der Waals surface area (Å²) in [6.07, 6.45) is -0.889. The lowest BCUT2D eigenvalue weighted by Gasteiger charge is -2.07. The molecule has 0 bridgehead atoms. The number of cyclic esters (lactones) is 1. The Morgan fingerprint density at radius 3 is 2.73 bits per heavy atom. The zero-order valence-corrected chi connectivity index (χ0v) is 8.33. The van der Waals surface area contributed by atoms with Gasteiger partial charge in [-0.25, -0.2) is 0 Å². The standard InChI is InChI=1S/C12H10O3/c1-2-3-4-5-6-7-8-11-10(13)9-12(14)15-11/h10-11,13H,8-9H2,1H3/t10-,11+/m0/s1. The van der Waals surface area contributed by atoms with E-state index in [9.17, 15) is 9.90 Å². The van der Waals surface area contributed by atoms with Gasteiger partial charge in [0.05, 0.1) is 6.42 Å². The van der Waals surface area contributed by atoms with Crippen LogP contribution < -0.4 is 0 Å². The van der Waals surface area contributed by atoms with E-state index in [1.54, 1.807) is 6.92 Å². The van der Waals surface area contributed by atoms with E-state index in [1.807, 2.05) is 0 Å². The number of rotatable bonds is 1. The van der Waals surface area contributed by atoms with Gasteiger partial charge in [0.1, 0.15) is 12.2 Å². The monoisotopic (exact) mass is 202 g/mol. The highest BCUT2D eigenvalue weighted by atomic mass is 16.6. The van der Waals surface area contributed by atoms with Gasteiger partial charge < -0.3 is 9.84 Å². The molecule has 0 amide bonds. The molecule has 3 nitrogen and oxygen atoms in total. The van der Waals surface area contributed by atoms with E-state index in [0.29, 0.717) is 6.42 Å². The molecule has 1 heterocycles. The highest BCUT2D eigenvalue weighted by molar-refractivity contribution is 5.72. The summed E-state index contributed by atoms with van der Waals surface area (Å²) >= 11 is 0. The normalized spacial score (nSPS) is 22.4. The first kappa shape index (κ1) is 11.2. The summed E-state index contributed by atoms with van der Waals surface area (Å²) in [5, 5.41) is 9.33. The van der Waals surface area contributed by atoms with Crippen LogP contribution in [0.2, 0.25) is 0 Å². The molecular weight excluding hydrogens is 192 g/mol. The van der Waals surface area contributed by atoms with Crippen molar-refractivity contribution in [3.8, 4) is 35.5 Å². The molecule has 0 radical (unpaired) electrons. The average Bonchev–Trinajstić information content (AvgIpc) is 2.51. The lowest BCUT2D eigenvalue weighted by Crippen LogP contribution is -2.19. The van der Waals surface area contributed by atoms with Gasteiger partial charge in [0.2, 0.25) is 0 Å². The second-order valence-corrected chi connectivity index (χ2v) is 2.93. The molecule has 0 aromatic carbocycles. The summed E-state index contributed by atoms with van der Waals surface area (Å²) in [5.74, 6) is 15.1. The van der Waals surface area contributed by atoms with Crippen LogP contribution >= 0.6 is 0 Å². The van der Waals surface area contributed by atoms with Crippen molar-refractivity contribution >= 4 is 5.97 Å². The average molecular weight is 202 g/mol. The highest BCUT2D eigenvalue weighted by Gasteiger charge is 2.32. The van der Waals surface area contributed by atoms with Gasteiger partial charge in [0.15, 0.2) is 0 Å². The first-order chi connectivity index (χ1) is 7.24. The SMILES string of the molecule is CC#CC#CC#CC[C@H]1OC(=O)C[C@@H]1O. The molecule has 0 aromatic rings. The Kier molecular flexibility index (Phi) is 4.30. The molecule has 1 N–H and O–H groups in total. The number of aliphatic hydroxyl groups excluding tert-OH is 1. The third-order valence-electron chi connectivity index (χ3n) is 1.79. The van der Waals surface area contributed by atoms with E-state index >= 15 is 0 Å². The van der Waals surface area contributed by atoms with Gasteiger partial charge in [-0.05, 0) is 30.6 Å². The topological polar surface area (TPSA) is 46.5 Å². The molecule has 0 saturated carbocycles. The Morgan fingerprint density at radius 2 is 2.13 bits per heavy atom. The quantitative estimate of drug-likeness (QED) is 0.484. The highest BCUT2D eigenvalue weighted by Crippen LogP contribution is 2.16. The fourth-order valence-corrected chi connectivity index (χ4v) is 1.10. The van der Waals surface area contributed by atoms with Gasteiger partial charge in [0, 0.05) is 6.42 Å². The second-order valence-electron chi connectivity index (χ2n) is 2.93. The summed E-state index contributed by atoms with van der Waals surface area (Å²) < 4.78 is 4.83. The van der Waals surface area contributed by atoms with Crippen LogP contribution in [0.1, 0.15) is 19.8 Å². The van der Waals surface area contributed by atoms with Crippen LogP contribution in [0.3, 0.4) is 0 Å². The van der Waals surface area contributed by atoms with Crippen LogP contribution in [0.25, 0.3) is 0 Å². The summed E-state index contributed by atoms with van der Waals surface area (Å²) in [6, 6.07) is 0. The van der Waals surface area contributed by atoms with Crippen molar-refractivity contribution < 1.29 is 14.6 Å². The van der Waals surface area contributed by atoms with E-state index in [-0.39, 0.29) is 12.4 Å². The minimum atomic E-state index is -0.741. The number of hydrogen-bond donors (Lipinski definition) is 1. The number of hydrogen-bond acceptors (Lipinski definition) is 3. The van der Waals surface area contributed by atoms with Crippen molar-refractivity contribution in [2.24, 2.45) is 0 Å². The van der Waals surface area contributed by atoms with Crippen molar-refractivity contribution in [2.45, 2.75) is 32.0 Å². The number of carbonyl (C=O) groups is 1. The van der Waals surface area contributed by atoms with Crippen molar-refractivity contribution in [2.75, 3.05) is 0 Å². The largest absolute Gasteiger partial charge is 0.458 e. The van der Waals surface area contributed by atoms with Crippen molar-refractivity contribution in [1.29, 1.82) is 0 Å². The van der Waals surface area contributed by atoms with Gasteiger partial charge in [0.25, 0.3) is 0 Å². The van der Waals surface area contributed by atoms with Gasteiger partial charge in [-0.1, -0.05) is 11.8 Å². The van der Waals surface area contributed by atoms with Gasteiger partial charge >= 0.3 is 5.97 Å². The van der Waals surface area contributed by atoms with Crippen molar-refractivity contribution in [3.05, 3.63) is 0 Å². The van der Waals surface area contributed by atoms with E-state index in [2.05, 4.69) is 35.5 Å². The molecule has 0 spiro atoms. The molecule has 0 unspecified atom stereocenters. The van der Waals surface area contributed by atoms with Crippen LogP contribution in [-0.2, 0) is 9.53 Å². The maximum absolute atomic E-state index is 10.8. The molecule has 15 heavy (non-hydrogen) atoms. The van der Waals surface area contributed by atoms with E-state index in [4.69, 9.17) is 4.74 Å². The first-order valence-corrected chi connectivity index (χ1v) is 4.51. The summed E-state index contributed by atoms with van der Waals surface area (Å²) in [7, 11) is 0. The maximum Gasteiger partial charge on any atom is 0.308 e. The van der Waals surface area contributed by atoms with Crippen LogP contribution in [0.5, 0.6) is 0 Å². The minimum absolute atomic E-state index is 0.0549. The molecule has 0 aliphatic carbocycles. The lowest BCUT2D eigenvalue weighted by atomic mass is 10.1. The fourth-order valence-electron chi connectivity index (χ4n) is 1.10. The third kappa shape index (κ3) is 3.77. The number of aliphatic hydroxyl groups is 1. The summed E-state index contributed by atoms with van der Waals surface area (Å²) in [5.41, 5.74) is 0. The molecule has 1 aliphatic heterocycles. The van der Waals surface area contributed by atoms with E-state index < -0.39 is 12.2 Å². The molecule has 2 atom stereocenters. The lowest BCUT2D eigenvalue weighted by molar-refractivity contribution is -0.141. The molecule has 1 saturated heterocycles. The smallest absolute Gasteiger partial charge is 0.308 e. The van der Waals surface area contributed by atoms with Gasteiger partial charge in [-0.3, -0.25) is 4.79 Å². The first-order valence-electron chi connectivity index (χ1n) is 4.51. The zero-order chi connectivity index (χ0) is 11.1. The molecule has 0 aromatic heterocycles. The van der Waals surface area contributed by atoms with E-state index in [1.165, 1.54) is 0 Å². The van der Waals surface area contributed by atoms with Crippen molar-refractivity contribution in [3.63, 3.8) is 0 Å². The van der Waals surface area contributed by atoms with Crippen molar-refractivity contribution in [1.82, 2.24) is 0 Å². The van der Waals surface area contributed by atoms with Crippen LogP contribution in [0, 0.1) is 35.5 Å².